The second-order valence-electron chi connectivity index (χ2n) is 4.76. The minimum atomic E-state index is -0.671. The summed E-state index contributed by atoms with van der Waals surface area (Å²) in [5.74, 6) is -1.60. The predicted octanol–water partition coefficient (Wildman–Crippen LogP) is 2.00. The van der Waals surface area contributed by atoms with Gasteiger partial charge in [0.2, 0.25) is 0 Å². The Kier molecular flexibility index (Phi) is 24.2. The van der Waals surface area contributed by atoms with Crippen LogP contribution in [0.5, 0.6) is 0 Å². The quantitative estimate of drug-likeness (QED) is 0.449. The second-order valence-corrected chi connectivity index (χ2v) is 4.76. The molecule has 0 aliphatic rings. The highest BCUT2D eigenvalue weighted by atomic mass is 16.5. The third-order valence-electron chi connectivity index (χ3n) is 3.14. The molecule has 0 aromatic heterocycles. The molecule has 0 saturated heterocycles. The van der Waals surface area contributed by atoms with Crippen molar-refractivity contribution in [2.45, 2.75) is 53.4 Å². The summed E-state index contributed by atoms with van der Waals surface area (Å²) in [7, 11) is 0. The lowest BCUT2D eigenvalue weighted by atomic mass is 10.1. The normalized spacial score (nSPS) is 9.74. The molecule has 23 heavy (non-hydrogen) atoms. The first-order chi connectivity index (χ1) is 10.9. The number of ether oxygens (including phenoxy) is 1. The van der Waals surface area contributed by atoms with Crippen LogP contribution in [0.3, 0.4) is 0 Å². The minimum Gasteiger partial charge on any atom is -0.481 e. The van der Waals surface area contributed by atoms with E-state index < -0.39 is 11.9 Å². The molecule has 0 rings (SSSR count). The summed E-state index contributed by atoms with van der Waals surface area (Å²) >= 11 is 0. The maximum Gasteiger partial charge on any atom is 0.306 e. The summed E-state index contributed by atoms with van der Waals surface area (Å²) in [5.41, 5.74) is 0. The lowest BCUT2D eigenvalue weighted by Gasteiger charge is -2.02. The van der Waals surface area contributed by atoms with Crippen molar-refractivity contribution >= 4 is 11.9 Å². The standard InChI is InChI=1S/2C6H12O2.C4H10O3/c2*1-3-5(4-2)6(7)8;5-1-3-7-4-2-6/h2*5H,3-4H2,1-2H3,(H,7,8);5-6H,1-4H2. The van der Waals surface area contributed by atoms with Crippen LogP contribution in [-0.4, -0.2) is 58.8 Å². The van der Waals surface area contributed by atoms with E-state index in [0.717, 1.165) is 25.7 Å². The van der Waals surface area contributed by atoms with Crippen molar-refractivity contribution in [1.82, 2.24) is 0 Å². The Morgan fingerprint density at radius 2 is 1.00 bits per heavy atom. The molecule has 0 amide bonds. The molecule has 0 unspecified atom stereocenters. The van der Waals surface area contributed by atoms with Gasteiger partial charge >= 0.3 is 11.9 Å². The van der Waals surface area contributed by atoms with Crippen LogP contribution in [0.15, 0.2) is 0 Å². The molecule has 0 atom stereocenters. The van der Waals surface area contributed by atoms with Crippen molar-refractivity contribution < 1.29 is 34.8 Å². The number of hydrogen-bond acceptors (Lipinski definition) is 5. The van der Waals surface area contributed by atoms with Gasteiger partial charge in [-0.25, -0.2) is 0 Å². The Labute approximate surface area is 139 Å². The highest BCUT2D eigenvalue weighted by Gasteiger charge is 2.10. The van der Waals surface area contributed by atoms with Gasteiger partial charge in [0.1, 0.15) is 0 Å². The van der Waals surface area contributed by atoms with Crippen molar-refractivity contribution in [3.63, 3.8) is 0 Å². The van der Waals surface area contributed by atoms with Gasteiger partial charge in [-0.05, 0) is 25.7 Å². The van der Waals surface area contributed by atoms with E-state index in [1.165, 1.54) is 0 Å². The maximum absolute atomic E-state index is 10.2. The molecule has 0 bridgehead atoms. The largest absolute Gasteiger partial charge is 0.481 e. The molecule has 140 valence electrons. The smallest absolute Gasteiger partial charge is 0.306 e. The Morgan fingerprint density at radius 3 is 1.09 bits per heavy atom. The minimum absolute atomic E-state index is 0.0278. The third-order valence-corrected chi connectivity index (χ3v) is 3.14. The Balaban J connectivity index is -0.000000262. The van der Waals surface area contributed by atoms with Gasteiger partial charge < -0.3 is 25.2 Å². The zero-order valence-electron chi connectivity index (χ0n) is 14.8. The molecule has 7 heteroatoms. The van der Waals surface area contributed by atoms with Crippen molar-refractivity contribution in [3.8, 4) is 0 Å². The van der Waals surface area contributed by atoms with Gasteiger partial charge in [0.15, 0.2) is 0 Å². The van der Waals surface area contributed by atoms with Crippen LogP contribution in [0.1, 0.15) is 53.4 Å². The van der Waals surface area contributed by atoms with Crippen molar-refractivity contribution in [1.29, 1.82) is 0 Å². The fraction of sp³-hybridized carbons (Fsp3) is 0.875. The molecule has 7 nitrogen and oxygen atoms in total. The van der Waals surface area contributed by atoms with Crippen LogP contribution >= 0.6 is 0 Å². The topological polar surface area (TPSA) is 124 Å². The molecule has 0 aromatic rings. The van der Waals surface area contributed by atoms with Crippen LogP contribution in [-0.2, 0) is 14.3 Å². The van der Waals surface area contributed by atoms with E-state index in [4.69, 9.17) is 20.4 Å². The number of aliphatic hydroxyl groups excluding tert-OH is 2. The Morgan fingerprint density at radius 1 is 0.739 bits per heavy atom. The van der Waals surface area contributed by atoms with Gasteiger partial charge in [-0.1, -0.05) is 27.7 Å². The van der Waals surface area contributed by atoms with Crippen molar-refractivity contribution in [2.24, 2.45) is 11.8 Å². The Hall–Kier alpha value is -1.18. The van der Waals surface area contributed by atoms with Gasteiger partial charge in [0.05, 0.1) is 38.3 Å². The van der Waals surface area contributed by atoms with Gasteiger partial charge in [0, 0.05) is 0 Å². The number of carboxylic acids is 2. The van der Waals surface area contributed by atoms with E-state index in [1.54, 1.807) is 0 Å². The number of aliphatic carboxylic acids is 2. The molecular weight excluding hydrogens is 304 g/mol. The average Bonchev–Trinajstić information content (AvgIpc) is 2.51. The summed E-state index contributed by atoms with van der Waals surface area (Å²) in [6.07, 6.45) is 2.97. The first kappa shape index (κ1) is 26.7. The number of hydrogen-bond donors (Lipinski definition) is 4. The first-order valence-corrected chi connectivity index (χ1v) is 8.10. The fourth-order valence-electron chi connectivity index (χ4n) is 1.51. The summed E-state index contributed by atoms with van der Waals surface area (Å²) in [5, 5.41) is 32.9. The third kappa shape index (κ3) is 20.8. The molecule has 0 fully saturated rings. The predicted molar refractivity (Wildman–Crippen MR) is 88.4 cm³/mol. The average molecular weight is 338 g/mol. The van der Waals surface area contributed by atoms with Crippen molar-refractivity contribution in [3.05, 3.63) is 0 Å². The van der Waals surface area contributed by atoms with Gasteiger partial charge in [0.25, 0.3) is 0 Å². The number of carboxylic acid groups (broad SMARTS) is 2. The Bertz CT molecular complexity index is 235. The summed E-state index contributed by atoms with van der Waals surface area (Å²) in [4.78, 5) is 20.3. The lowest BCUT2D eigenvalue weighted by Crippen LogP contribution is -2.10. The highest BCUT2D eigenvalue weighted by Crippen LogP contribution is 2.06. The van der Waals surface area contributed by atoms with Crippen LogP contribution in [0.2, 0.25) is 0 Å². The number of carbonyl (C=O) groups is 2. The fourth-order valence-corrected chi connectivity index (χ4v) is 1.51. The number of aliphatic hydroxyl groups is 2. The van der Waals surface area contributed by atoms with Crippen LogP contribution in [0.25, 0.3) is 0 Å². The lowest BCUT2D eigenvalue weighted by molar-refractivity contribution is -0.142. The molecule has 0 heterocycles. The highest BCUT2D eigenvalue weighted by molar-refractivity contribution is 5.70. The second kappa shape index (κ2) is 20.8. The molecule has 4 N–H and O–H groups in total. The van der Waals surface area contributed by atoms with Crippen LogP contribution in [0, 0.1) is 11.8 Å². The van der Waals surface area contributed by atoms with Crippen molar-refractivity contribution in [2.75, 3.05) is 26.4 Å². The monoisotopic (exact) mass is 338 g/mol. The zero-order chi connectivity index (χ0) is 18.7. The summed E-state index contributed by atoms with van der Waals surface area (Å²) in [6.45, 7) is 8.26. The molecular formula is C16H34O7. The molecule has 0 spiro atoms. The van der Waals surface area contributed by atoms with Gasteiger partial charge in [-0.3, -0.25) is 9.59 Å². The molecule has 0 saturated carbocycles. The summed E-state index contributed by atoms with van der Waals surface area (Å²) in [6, 6.07) is 0. The van der Waals surface area contributed by atoms with E-state index >= 15 is 0 Å². The van der Waals surface area contributed by atoms with Gasteiger partial charge in [-0.2, -0.15) is 0 Å². The maximum atomic E-state index is 10.2. The van der Waals surface area contributed by atoms with E-state index in [9.17, 15) is 9.59 Å². The van der Waals surface area contributed by atoms with Crippen LogP contribution in [0.4, 0.5) is 0 Å². The van der Waals surface area contributed by atoms with Gasteiger partial charge in [-0.15, -0.1) is 0 Å². The molecule has 0 aliphatic heterocycles. The SMILES string of the molecule is CCC(CC)C(=O)O.CCC(CC)C(=O)O.OCCOCCO. The molecule has 0 aromatic carbocycles. The summed E-state index contributed by atoms with van der Waals surface area (Å²) < 4.78 is 4.63. The zero-order valence-corrected chi connectivity index (χ0v) is 14.8. The molecule has 0 aliphatic carbocycles. The molecule has 0 radical (unpaired) electrons. The van der Waals surface area contributed by atoms with Crippen LogP contribution < -0.4 is 0 Å². The van der Waals surface area contributed by atoms with E-state index in [1.807, 2.05) is 27.7 Å². The van der Waals surface area contributed by atoms with E-state index in [0.29, 0.717) is 13.2 Å². The number of rotatable bonds is 10. The first-order valence-electron chi connectivity index (χ1n) is 8.10. The van der Waals surface area contributed by atoms with E-state index in [2.05, 4.69) is 4.74 Å². The van der Waals surface area contributed by atoms with E-state index in [-0.39, 0.29) is 25.0 Å².